The SMILES string of the molecule is CC[C@H](C)COC(C)(C)c1cc(N([O])C(C)(C)C)cc(N([O-])C(C)(C)C)c1. The van der Waals surface area contributed by atoms with Crippen molar-refractivity contribution in [3.05, 3.63) is 29.0 Å². The van der Waals surface area contributed by atoms with E-state index in [1.165, 1.54) is 0 Å². The van der Waals surface area contributed by atoms with Gasteiger partial charge in [-0.25, -0.2) is 5.06 Å². The van der Waals surface area contributed by atoms with E-state index in [9.17, 15) is 10.4 Å². The highest BCUT2D eigenvalue weighted by Gasteiger charge is 2.28. The van der Waals surface area contributed by atoms with Gasteiger partial charge in [0, 0.05) is 11.2 Å². The summed E-state index contributed by atoms with van der Waals surface area (Å²) in [5.41, 5.74) is -0.0414. The van der Waals surface area contributed by atoms with E-state index in [0.29, 0.717) is 23.9 Å². The number of ether oxygens (including phenoxy) is 1. The van der Waals surface area contributed by atoms with Gasteiger partial charge in [-0.2, -0.15) is 0 Å². The van der Waals surface area contributed by atoms with Gasteiger partial charge in [0.05, 0.1) is 23.4 Å². The predicted molar refractivity (Wildman–Crippen MR) is 113 cm³/mol. The second-order valence-corrected chi connectivity index (χ2v) is 10.0. The fourth-order valence-corrected chi connectivity index (χ4v) is 2.50. The second kappa shape index (κ2) is 8.38. The smallest absolute Gasteiger partial charge is 0.0876 e. The number of hydrogen-bond acceptors (Lipinski definition) is 4. The first-order valence-electron chi connectivity index (χ1n) is 9.84. The molecule has 0 aliphatic carbocycles. The van der Waals surface area contributed by atoms with Gasteiger partial charge < -0.3 is 15.0 Å². The molecule has 0 aliphatic rings. The van der Waals surface area contributed by atoms with E-state index in [4.69, 9.17) is 4.74 Å². The molecule has 0 saturated carbocycles. The van der Waals surface area contributed by atoms with Gasteiger partial charge in [-0.1, -0.05) is 25.5 Å². The first kappa shape index (κ1) is 23.7. The van der Waals surface area contributed by atoms with Crippen LogP contribution in [-0.2, 0) is 15.5 Å². The van der Waals surface area contributed by atoms with Gasteiger partial charge in [-0.15, -0.1) is 0 Å². The number of hydrogen-bond donors (Lipinski definition) is 0. The molecule has 0 N–H and O–H groups in total. The molecule has 27 heavy (non-hydrogen) atoms. The number of hydroxylamine groups is 2. The molecule has 1 atom stereocenters. The van der Waals surface area contributed by atoms with Gasteiger partial charge >= 0.3 is 0 Å². The Balaban J connectivity index is 3.41. The third kappa shape index (κ3) is 6.37. The highest BCUT2D eigenvalue weighted by molar-refractivity contribution is 5.63. The molecule has 1 aromatic rings. The van der Waals surface area contributed by atoms with E-state index in [2.05, 4.69) is 13.8 Å². The maximum atomic E-state index is 12.8. The Bertz CT molecular complexity index is 577. The van der Waals surface area contributed by atoms with Crippen LogP contribution in [-0.4, -0.2) is 17.7 Å². The minimum Gasteiger partial charge on any atom is -0.758 e. The van der Waals surface area contributed by atoms with Crippen molar-refractivity contribution in [2.24, 2.45) is 5.92 Å². The largest absolute Gasteiger partial charge is 0.758 e. The zero-order valence-corrected chi connectivity index (χ0v) is 18.8. The van der Waals surface area contributed by atoms with Crippen LogP contribution in [0.15, 0.2) is 18.2 Å². The predicted octanol–water partition coefficient (Wildman–Crippen LogP) is 6.04. The van der Waals surface area contributed by atoms with Gasteiger partial charge in [0.25, 0.3) is 0 Å². The molecule has 0 unspecified atom stereocenters. The molecule has 0 spiro atoms. The van der Waals surface area contributed by atoms with E-state index in [1.807, 2.05) is 67.5 Å². The Morgan fingerprint density at radius 3 is 1.93 bits per heavy atom. The topological polar surface area (TPSA) is 58.7 Å². The van der Waals surface area contributed by atoms with Crippen LogP contribution in [0.2, 0.25) is 0 Å². The third-order valence-corrected chi connectivity index (χ3v) is 4.71. The molecule has 0 aromatic heterocycles. The Morgan fingerprint density at radius 2 is 1.48 bits per heavy atom. The fourth-order valence-electron chi connectivity index (χ4n) is 2.50. The van der Waals surface area contributed by atoms with E-state index >= 15 is 0 Å². The maximum absolute atomic E-state index is 12.8. The third-order valence-electron chi connectivity index (χ3n) is 4.71. The van der Waals surface area contributed by atoms with Crippen molar-refractivity contribution in [1.82, 2.24) is 0 Å². The molecular formula is C22H38N2O3-. The van der Waals surface area contributed by atoms with Crippen molar-refractivity contribution in [2.45, 2.75) is 92.3 Å². The molecule has 0 saturated heterocycles. The lowest BCUT2D eigenvalue weighted by atomic mass is 9.94. The van der Waals surface area contributed by atoms with Crippen LogP contribution >= 0.6 is 0 Å². The zero-order valence-electron chi connectivity index (χ0n) is 18.8. The van der Waals surface area contributed by atoms with E-state index in [0.717, 1.165) is 22.1 Å². The van der Waals surface area contributed by atoms with Crippen LogP contribution in [0.1, 0.15) is 81.2 Å². The minimum atomic E-state index is -0.606. The summed E-state index contributed by atoms with van der Waals surface area (Å²) in [4.78, 5) is 0. The van der Waals surface area contributed by atoms with Crippen molar-refractivity contribution in [1.29, 1.82) is 0 Å². The van der Waals surface area contributed by atoms with Crippen LogP contribution in [0.4, 0.5) is 11.4 Å². The van der Waals surface area contributed by atoms with Gasteiger partial charge in [0.2, 0.25) is 0 Å². The quantitative estimate of drug-likeness (QED) is 0.543. The Morgan fingerprint density at radius 1 is 0.963 bits per heavy atom. The number of benzene rings is 1. The van der Waals surface area contributed by atoms with Gasteiger partial charge in [-0.3, -0.25) is 0 Å². The first-order chi connectivity index (χ1) is 12.1. The van der Waals surface area contributed by atoms with Crippen molar-refractivity contribution < 1.29 is 9.94 Å². The van der Waals surface area contributed by atoms with Crippen molar-refractivity contribution >= 4 is 11.4 Å². The molecule has 1 aromatic carbocycles. The molecule has 1 rings (SSSR count). The summed E-state index contributed by atoms with van der Waals surface area (Å²) in [5.74, 6) is 0.447. The summed E-state index contributed by atoms with van der Waals surface area (Å²) in [6.45, 7) is 20.0. The monoisotopic (exact) mass is 378 g/mol. The Hall–Kier alpha value is -1.30. The molecule has 5 heteroatoms. The highest BCUT2D eigenvalue weighted by atomic mass is 16.5. The van der Waals surface area contributed by atoms with Crippen LogP contribution < -0.4 is 10.1 Å². The number of nitrogens with zero attached hydrogens (tertiary/aromatic N) is 2. The highest BCUT2D eigenvalue weighted by Crippen LogP contribution is 2.36. The Kier molecular flexibility index (Phi) is 7.36. The summed E-state index contributed by atoms with van der Waals surface area (Å²) in [7, 11) is 0. The molecule has 155 valence electrons. The summed E-state index contributed by atoms with van der Waals surface area (Å²) >= 11 is 0. The second-order valence-electron chi connectivity index (χ2n) is 10.0. The molecule has 0 amide bonds. The average molecular weight is 379 g/mol. The Labute approximate surface area is 165 Å². The maximum Gasteiger partial charge on any atom is 0.0876 e. The molecule has 5 nitrogen and oxygen atoms in total. The van der Waals surface area contributed by atoms with Crippen molar-refractivity contribution in [3.63, 3.8) is 0 Å². The standard InChI is InChI=1S/C22H38N2O3/c1-11-16(2)15-27-22(9,10)17-12-18(23(25)20(3,4)5)14-19(13-17)24(26)21(6,7)8/h12-14,16H,11,15H2,1-10H3/q-1/t16-/m0/s1. The van der Waals surface area contributed by atoms with E-state index in [1.54, 1.807) is 6.07 Å². The normalized spacial score (nSPS) is 14.2. The van der Waals surface area contributed by atoms with Crippen LogP contribution in [0.5, 0.6) is 0 Å². The summed E-state index contributed by atoms with van der Waals surface area (Å²) in [5, 5.41) is 27.6. The number of anilines is 2. The van der Waals surface area contributed by atoms with Gasteiger partial charge in [0.1, 0.15) is 0 Å². The summed E-state index contributed by atoms with van der Waals surface area (Å²) < 4.78 is 6.17. The summed E-state index contributed by atoms with van der Waals surface area (Å²) in [6, 6.07) is 5.36. The number of rotatable bonds is 7. The van der Waals surface area contributed by atoms with Crippen molar-refractivity contribution in [3.8, 4) is 0 Å². The molecule has 0 heterocycles. The summed E-state index contributed by atoms with van der Waals surface area (Å²) in [6.07, 6.45) is 1.04. The average Bonchev–Trinajstić information content (AvgIpc) is 2.56. The van der Waals surface area contributed by atoms with Crippen LogP contribution in [0.25, 0.3) is 0 Å². The lowest BCUT2D eigenvalue weighted by Gasteiger charge is -2.44. The van der Waals surface area contributed by atoms with Gasteiger partial charge in [-0.05, 0) is 85.1 Å². The molecular weight excluding hydrogens is 340 g/mol. The van der Waals surface area contributed by atoms with Gasteiger partial charge in [0.15, 0.2) is 0 Å². The molecule has 1 radical (unpaired) electrons. The molecule has 0 bridgehead atoms. The van der Waals surface area contributed by atoms with Crippen LogP contribution in [0.3, 0.4) is 0 Å². The molecule has 0 fully saturated rings. The molecule has 0 aliphatic heterocycles. The first-order valence-corrected chi connectivity index (χ1v) is 9.84. The minimum absolute atomic E-state index is 0.447. The van der Waals surface area contributed by atoms with Crippen LogP contribution in [0, 0.1) is 11.1 Å². The lowest BCUT2D eigenvalue weighted by molar-refractivity contribution is -0.0376. The zero-order chi connectivity index (χ0) is 21.2. The lowest BCUT2D eigenvalue weighted by Crippen LogP contribution is -2.39. The van der Waals surface area contributed by atoms with E-state index in [-0.39, 0.29) is 0 Å². The van der Waals surface area contributed by atoms with E-state index < -0.39 is 16.7 Å². The van der Waals surface area contributed by atoms with Crippen molar-refractivity contribution in [2.75, 3.05) is 16.7 Å². The fraction of sp³-hybridized carbons (Fsp3) is 0.727.